The van der Waals surface area contributed by atoms with E-state index in [-0.39, 0.29) is 12.4 Å². The lowest BCUT2D eigenvalue weighted by Crippen LogP contribution is -2.26. The minimum Gasteiger partial charge on any atom is -0.346 e. The minimum absolute atomic E-state index is 0.135. The summed E-state index contributed by atoms with van der Waals surface area (Å²) in [5.74, 6) is -0.274. The molecule has 0 radical (unpaired) electrons. The third-order valence-electron chi connectivity index (χ3n) is 4.54. The molecule has 0 amide bonds. The van der Waals surface area contributed by atoms with Crippen LogP contribution in [0.25, 0.3) is 0 Å². The molecule has 3 aromatic rings. The lowest BCUT2D eigenvalue weighted by atomic mass is 10.1. The summed E-state index contributed by atoms with van der Waals surface area (Å²) in [4.78, 5) is 0.320. The summed E-state index contributed by atoms with van der Waals surface area (Å²) in [6.07, 6.45) is 1.82. The number of nitrogens with one attached hydrogen (secondary N) is 1. The van der Waals surface area contributed by atoms with E-state index in [0.29, 0.717) is 17.0 Å². The summed E-state index contributed by atoms with van der Waals surface area (Å²) < 4.78 is 44.1. The third-order valence-corrected chi connectivity index (χ3v) is 6.24. The Balaban J connectivity index is 1.80. The van der Waals surface area contributed by atoms with E-state index in [2.05, 4.69) is 4.72 Å². The summed E-state index contributed by atoms with van der Waals surface area (Å²) in [6.45, 7) is 6.03. The Morgan fingerprint density at radius 1 is 1.00 bits per heavy atom. The van der Waals surface area contributed by atoms with Crippen molar-refractivity contribution < 1.29 is 12.8 Å². The molecule has 0 fully saturated rings. The first-order valence-electron chi connectivity index (χ1n) is 8.73. The largest absolute Gasteiger partial charge is 0.346 e. The van der Waals surface area contributed by atoms with Crippen molar-refractivity contribution in [2.24, 2.45) is 0 Å². The monoisotopic (exact) mass is 386 g/mol. The van der Waals surface area contributed by atoms with E-state index in [0.717, 1.165) is 22.4 Å². The molecular formula is C21H23FN2O2S. The number of halogens is 1. The van der Waals surface area contributed by atoms with E-state index in [1.54, 1.807) is 32.0 Å². The molecule has 3 rings (SSSR count). The van der Waals surface area contributed by atoms with Crippen LogP contribution in [0.5, 0.6) is 0 Å². The van der Waals surface area contributed by atoms with Gasteiger partial charge >= 0.3 is 0 Å². The Hall–Kier alpha value is -2.44. The van der Waals surface area contributed by atoms with Gasteiger partial charge in [-0.2, -0.15) is 0 Å². The molecule has 1 heterocycles. The van der Waals surface area contributed by atoms with Crippen LogP contribution in [-0.2, 0) is 23.1 Å². The highest BCUT2D eigenvalue weighted by Crippen LogP contribution is 2.22. The predicted molar refractivity (Wildman–Crippen MR) is 105 cm³/mol. The van der Waals surface area contributed by atoms with Crippen LogP contribution in [0.15, 0.2) is 59.6 Å². The second-order valence-corrected chi connectivity index (χ2v) is 8.48. The van der Waals surface area contributed by atoms with Crippen LogP contribution < -0.4 is 4.72 Å². The van der Waals surface area contributed by atoms with Crippen molar-refractivity contribution in [3.8, 4) is 0 Å². The second-order valence-electron chi connectivity index (χ2n) is 6.77. The number of hydrogen-bond acceptors (Lipinski definition) is 2. The molecular weight excluding hydrogens is 363 g/mol. The number of rotatable bonds is 6. The SMILES string of the molecule is Cc1cc(C)c(S(=O)(=O)NCc2cccn2Cc2ccccc2F)c(C)c1. The van der Waals surface area contributed by atoms with Gasteiger partial charge in [0.15, 0.2) is 0 Å². The molecule has 0 bridgehead atoms. The predicted octanol–water partition coefficient (Wildman–Crippen LogP) is 4.08. The van der Waals surface area contributed by atoms with E-state index in [1.807, 2.05) is 42.0 Å². The molecule has 142 valence electrons. The maximum absolute atomic E-state index is 13.9. The highest BCUT2D eigenvalue weighted by molar-refractivity contribution is 7.89. The molecule has 0 atom stereocenters. The van der Waals surface area contributed by atoms with Crippen molar-refractivity contribution in [1.29, 1.82) is 0 Å². The lowest BCUT2D eigenvalue weighted by Gasteiger charge is -2.14. The van der Waals surface area contributed by atoms with Gasteiger partial charge < -0.3 is 4.57 Å². The fourth-order valence-corrected chi connectivity index (χ4v) is 4.85. The van der Waals surface area contributed by atoms with Crippen molar-refractivity contribution in [3.63, 3.8) is 0 Å². The fourth-order valence-electron chi connectivity index (χ4n) is 3.41. The van der Waals surface area contributed by atoms with E-state index in [9.17, 15) is 12.8 Å². The molecule has 0 saturated heterocycles. The number of sulfonamides is 1. The fraction of sp³-hybridized carbons (Fsp3) is 0.238. The van der Waals surface area contributed by atoms with Crippen LogP contribution in [0.2, 0.25) is 0 Å². The van der Waals surface area contributed by atoms with Crippen LogP contribution in [-0.4, -0.2) is 13.0 Å². The van der Waals surface area contributed by atoms with Crippen LogP contribution in [0.4, 0.5) is 4.39 Å². The second kappa shape index (κ2) is 7.66. The van der Waals surface area contributed by atoms with Gasteiger partial charge in [0.1, 0.15) is 5.82 Å². The van der Waals surface area contributed by atoms with Crippen molar-refractivity contribution >= 4 is 10.0 Å². The third kappa shape index (κ3) is 4.28. The number of hydrogen-bond donors (Lipinski definition) is 1. The summed E-state index contributed by atoms with van der Waals surface area (Å²) in [5.41, 5.74) is 3.80. The Morgan fingerprint density at radius 3 is 2.33 bits per heavy atom. The summed E-state index contributed by atoms with van der Waals surface area (Å²) in [6, 6.07) is 14.0. The number of aryl methyl sites for hydroxylation is 3. The van der Waals surface area contributed by atoms with E-state index >= 15 is 0 Å². The van der Waals surface area contributed by atoms with Crippen LogP contribution >= 0.6 is 0 Å². The maximum Gasteiger partial charge on any atom is 0.241 e. The van der Waals surface area contributed by atoms with Gasteiger partial charge in [-0.15, -0.1) is 0 Å². The molecule has 4 nitrogen and oxygen atoms in total. The Kier molecular flexibility index (Phi) is 5.48. The van der Waals surface area contributed by atoms with Crippen molar-refractivity contribution in [1.82, 2.24) is 9.29 Å². The maximum atomic E-state index is 13.9. The molecule has 0 aliphatic heterocycles. The first-order chi connectivity index (χ1) is 12.8. The first-order valence-corrected chi connectivity index (χ1v) is 10.2. The molecule has 0 saturated carbocycles. The van der Waals surface area contributed by atoms with Crippen LogP contribution in [0, 0.1) is 26.6 Å². The summed E-state index contributed by atoms with van der Waals surface area (Å²) in [5, 5.41) is 0. The molecule has 1 N–H and O–H groups in total. The molecule has 6 heteroatoms. The Labute approximate surface area is 159 Å². The Morgan fingerprint density at radius 2 is 1.67 bits per heavy atom. The Bertz CT molecular complexity index is 1050. The minimum atomic E-state index is -3.65. The van der Waals surface area contributed by atoms with Gasteiger partial charge in [-0.05, 0) is 50.1 Å². The lowest BCUT2D eigenvalue weighted by molar-refractivity contribution is 0.573. The summed E-state index contributed by atoms with van der Waals surface area (Å²) >= 11 is 0. The van der Waals surface area contributed by atoms with Gasteiger partial charge in [0.25, 0.3) is 0 Å². The van der Waals surface area contributed by atoms with Gasteiger partial charge in [-0.3, -0.25) is 0 Å². The topological polar surface area (TPSA) is 51.1 Å². The molecule has 0 aliphatic carbocycles. The molecule has 1 aromatic heterocycles. The van der Waals surface area contributed by atoms with Gasteiger partial charge in [-0.1, -0.05) is 35.9 Å². The van der Waals surface area contributed by atoms with Crippen molar-refractivity contribution in [3.05, 3.63) is 88.5 Å². The van der Waals surface area contributed by atoms with Gasteiger partial charge in [0.2, 0.25) is 10.0 Å². The summed E-state index contributed by atoms with van der Waals surface area (Å²) in [7, 11) is -3.65. The molecule has 0 spiro atoms. The van der Waals surface area contributed by atoms with Gasteiger partial charge in [-0.25, -0.2) is 17.5 Å². The average molecular weight is 386 g/mol. The highest BCUT2D eigenvalue weighted by Gasteiger charge is 2.20. The van der Waals surface area contributed by atoms with E-state index in [1.165, 1.54) is 6.07 Å². The van der Waals surface area contributed by atoms with Crippen LogP contribution in [0.1, 0.15) is 27.9 Å². The zero-order chi connectivity index (χ0) is 19.6. The normalized spacial score (nSPS) is 11.7. The smallest absolute Gasteiger partial charge is 0.241 e. The average Bonchev–Trinajstić information content (AvgIpc) is 3.01. The highest BCUT2D eigenvalue weighted by atomic mass is 32.2. The van der Waals surface area contributed by atoms with E-state index < -0.39 is 10.0 Å². The molecule has 0 aliphatic rings. The van der Waals surface area contributed by atoms with Crippen molar-refractivity contribution in [2.75, 3.05) is 0 Å². The quantitative estimate of drug-likeness (QED) is 0.694. The first kappa shape index (κ1) is 19.3. The number of nitrogens with zero attached hydrogens (tertiary/aromatic N) is 1. The van der Waals surface area contributed by atoms with Crippen molar-refractivity contribution in [2.45, 2.75) is 38.8 Å². The zero-order valence-electron chi connectivity index (χ0n) is 15.7. The number of benzene rings is 2. The van der Waals surface area contributed by atoms with Gasteiger partial charge in [0, 0.05) is 17.5 Å². The molecule has 27 heavy (non-hydrogen) atoms. The molecule has 0 unspecified atom stereocenters. The molecule has 2 aromatic carbocycles. The van der Waals surface area contributed by atoms with Gasteiger partial charge in [0.05, 0.1) is 18.0 Å². The standard InChI is InChI=1S/C21H23FN2O2S/c1-15-11-16(2)21(17(3)12-15)27(25,26)23-13-19-8-6-10-24(19)14-18-7-4-5-9-20(18)22/h4-12,23H,13-14H2,1-3H3. The number of aromatic nitrogens is 1. The van der Waals surface area contributed by atoms with Crippen LogP contribution in [0.3, 0.4) is 0 Å². The van der Waals surface area contributed by atoms with E-state index in [4.69, 9.17) is 0 Å². The zero-order valence-corrected chi connectivity index (χ0v) is 16.5.